The quantitative estimate of drug-likeness (QED) is 0.853. The molecule has 7 nitrogen and oxygen atoms in total. The maximum atomic E-state index is 12.8. The van der Waals surface area contributed by atoms with E-state index in [9.17, 15) is 4.79 Å². The zero-order valence-electron chi connectivity index (χ0n) is 15.3. The first-order chi connectivity index (χ1) is 12.8. The van der Waals surface area contributed by atoms with Crippen molar-refractivity contribution in [3.8, 4) is 0 Å². The Hall–Kier alpha value is -2.15. The fraction of sp³-hybridized carbons (Fsp3) is 0.632. The number of rotatable bonds is 6. The third kappa shape index (κ3) is 3.98. The van der Waals surface area contributed by atoms with Gasteiger partial charge in [-0.05, 0) is 37.8 Å². The molecule has 2 aliphatic rings. The van der Waals surface area contributed by atoms with Gasteiger partial charge in [0, 0.05) is 57.5 Å². The molecule has 2 aromatic rings. The van der Waals surface area contributed by atoms with Crippen LogP contribution in [0, 0.1) is 0 Å². The summed E-state index contributed by atoms with van der Waals surface area (Å²) in [6, 6.07) is 4.44. The van der Waals surface area contributed by atoms with Crippen LogP contribution in [0.4, 0.5) is 0 Å². The first-order valence-electron chi connectivity index (χ1n) is 9.83. The van der Waals surface area contributed by atoms with Crippen LogP contribution >= 0.6 is 0 Å². The highest BCUT2D eigenvalue weighted by Crippen LogP contribution is 2.22. The number of likely N-dealkylation sites (tertiary alicyclic amines) is 1. The maximum absolute atomic E-state index is 12.8. The van der Waals surface area contributed by atoms with Gasteiger partial charge in [0.2, 0.25) is 5.91 Å². The van der Waals surface area contributed by atoms with Crippen molar-refractivity contribution in [1.29, 1.82) is 0 Å². The van der Waals surface area contributed by atoms with Gasteiger partial charge in [0.05, 0.1) is 17.9 Å². The molecule has 140 valence electrons. The number of nitrogens with one attached hydrogen (secondary N) is 1. The second-order valence-corrected chi connectivity index (χ2v) is 7.32. The minimum absolute atomic E-state index is 0.277. The second-order valence-electron chi connectivity index (χ2n) is 7.32. The van der Waals surface area contributed by atoms with Crippen LogP contribution < -0.4 is 5.32 Å². The molecule has 0 aliphatic carbocycles. The Labute approximate surface area is 154 Å². The molecule has 0 spiro atoms. The van der Waals surface area contributed by atoms with Gasteiger partial charge in [-0.3, -0.25) is 14.2 Å². The highest BCUT2D eigenvalue weighted by atomic mass is 16.2. The fourth-order valence-electron chi connectivity index (χ4n) is 4.10. The van der Waals surface area contributed by atoms with Crippen molar-refractivity contribution >= 4 is 5.91 Å². The lowest BCUT2D eigenvalue weighted by molar-refractivity contribution is -0.135. The number of nitrogens with zero attached hydrogens (tertiary/aromatic N) is 5. The zero-order chi connectivity index (χ0) is 17.8. The molecule has 4 heterocycles. The van der Waals surface area contributed by atoms with Gasteiger partial charge in [0.1, 0.15) is 0 Å². The van der Waals surface area contributed by atoms with Crippen molar-refractivity contribution in [1.82, 2.24) is 29.8 Å². The molecular weight excluding hydrogens is 328 g/mol. The Kier molecular flexibility index (Phi) is 5.34. The lowest BCUT2D eigenvalue weighted by Crippen LogP contribution is -2.44. The van der Waals surface area contributed by atoms with Crippen LogP contribution in [0.3, 0.4) is 0 Å². The molecule has 0 radical (unpaired) electrons. The van der Waals surface area contributed by atoms with Gasteiger partial charge in [-0.15, -0.1) is 0 Å². The molecule has 0 unspecified atom stereocenters. The average molecular weight is 356 g/mol. The third-order valence-electron chi connectivity index (χ3n) is 5.51. The minimum atomic E-state index is 0.277. The first-order valence-corrected chi connectivity index (χ1v) is 9.83. The number of amides is 1. The predicted octanol–water partition coefficient (Wildman–Crippen LogP) is 1.59. The molecule has 1 fully saturated rings. The summed E-state index contributed by atoms with van der Waals surface area (Å²) in [5.41, 5.74) is 2.27. The molecule has 0 saturated carbocycles. The van der Waals surface area contributed by atoms with E-state index >= 15 is 0 Å². The Bertz CT molecular complexity index is 699. The molecule has 1 amide bonds. The van der Waals surface area contributed by atoms with Gasteiger partial charge >= 0.3 is 0 Å². The van der Waals surface area contributed by atoms with E-state index in [4.69, 9.17) is 0 Å². The SMILES string of the molecule is O=C(CCc1cc2n(n1)CCNC2)N1CCCC[C@H]1CCn1cccn1. The van der Waals surface area contributed by atoms with Gasteiger partial charge in [-0.1, -0.05) is 0 Å². The first kappa shape index (κ1) is 17.3. The van der Waals surface area contributed by atoms with E-state index < -0.39 is 0 Å². The van der Waals surface area contributed by atoms with Crippen molar-refractivity contribution in [3.05, 3.63) is 35.9 Å². The molecular formula is C19H28N6O. The molecule has 0 aromatic carbocycles. The molecule has 4 rings (SSSR count). The molecule has 0 bridgehead atoms. The van der Waals surface area contributed by atoms with Gasteiger partial charge in [-0.25, -0.2) is 0 Å². The minimum Gasteiger partial charge on any atom is -0.340 e. The van der Waals surface area contributed by atoms with E-state index in [2.05, 4.69) is 31.2 Å². The number of hydrogen-bond donors (Lipinski definition) is 1. The fourth-order valence-corrected chi connectivity index (χ4v) is 4.10. The van der Waals surface area contributed by atoms with Crippen LogP contribution in [-0.4, -0.2) is 49.5 Å². The monoisotopic (exact) mass is 356 g/mol. The summed E-state index contributed by atoms with van der Waals surface area (Å²) in [5.74, 6) is 0.277. The van der Waals surface area contributed by atoms with E-state index in [-0.39, 0.29) is 5.91 Å². The van der Waals surface area contributed by atoms with E-state index in [1.54, 1.807) is 0 Å². The number of carbonyl (C=O) groups is 1. The molecule has 2 aromatic heterocycles. The van der Waals surface area contributed by atoms with Crippen LogP contribution in [0.1, 0.15) is 43.5 Å². The molecule has 1 N–H and O–H groups in total. The van der Waals surface area contributed by atoms with Crippen molar-refractivity contribution in [3.63, 3.8) is 0 Å². The molecule has 26 heavy (non-hydrogen) atoms. The Morgan fingerprint density at radius 3 is 3.12 bits per heavy atom. The lowest BCUT2D eigenvalue weighted by Gasteiger charge is -2.36. The van der Waals surface area contributed by atoms with E-state index in [0.29, 0.717) is 12.5 Å². The smallest absolute Gasteiger partial charge is 0.223 e. The van der Waals surface area contributed by atoms with Crippen molar-refractivity contribution in [2.24, 2.45) is 0 Å². The lowest BCUT2D eigenvalue weighted by atomic mass is 9.98. The summed E-state index contributed by atoms with van der Waals surface area (Å²) in [7, 11) is 0. The molecule has 1 atom stereocenters. The number of piperidine rings is 1. The number of aromatic nitrogens is 4. The van der Waals surface area contributed by atoms with Crippen LogP contribution in [0.2, 0.25) is 0 Å². The summed E-state index contributed by atoms with van der Waals surface area (Å²) < 4.78 is 4.03. The summed E-state index contributed by atoms with van der Waals surface area (Å²) in [6.07, 6.45) is 9.52. The van der Waals surface area contributed by atoms with Crippen LogP contribution in [0.5, 0.6) is 0 Å². The normalized spacial score (nSPS) is 20.2. The van der Waals surface area contributed by atoms with Gasteiger partial charge in [0.15, 0.2) is 0 Å². The molecule has 7 heteroatoms. The van der Waals surface area contributed by atoms with Gasteiger partial charge < -0.3 is 10.2 Å². The van der Waals surface area contributed by atoms with Gasteiger partial charge in [0.25, 0.3) is 0 Å². The molecule has 2 aliphatic heterocycles. The van der Waals surface area contributed by atoms with Crippen molar-refractivity contribution in [2.75, 3.05) is 13.1 Å². The summed E-state index contributed by atoms with van der Waals surface area (Å²) >= 11 is 0. The maximum Gasteiger partial charge on any atom is 0.223 e. The summed E-state index contributed by atoms with van der Waals surface area (Å²) in [5, 5.41) is 12.3. The number of fused-ring (bicyclic) bond motifs is 1. The Morgan fingerprint density at radius 1 is 1.31 bits per heavy atom. The largest absolute Gasteiger partial charge is 0.340 e. The Balaban J connectivity index is 1.32. The van der Waals surface area contributed by atoms with E-state index in [1.807, 2.05) is 23.1 Å². The third-order valence-corrected chi connectivity index (χ3v) is 5.51. The highest BCUT2D eigenvalue weighted by molar-refractivity contribution is 5.76. The second kappa shape index (κ2) is 8.03. The average Bonchev–Trinajstić information content (AvgIpc) is 3.33. The van der Waals surface area contributed by atoms with Crippen LogP contribution in [0.15, 0.2) is 24.5 Å². The summed E-state index contributed by atoms with van der Waals surface area (Å²) in [4.78, 5) is 15.0. The molecule has 1 saturated heterocycles. The van der Waals surface area contributed by atoms with E-state index in [1.165, 1.54) is 12.1 Å². The number of hydrogen-bond acceptors (Lipinski definition) is 4. The highest BCUT2D eigenvalue weighted by Gasteiger charge is 2.26. The number of aryl methyl sites for hydroxylation is 2. The predicted molar refractivity (Wildman–Crippen MR) is 98.5 cm³/mol. The number of carbonyl (C=O) groups excluding carboxylic acids is 1. The van der Waals surface area contributed by atoms with Crippen LogP contribution in [0.25, 0.3) is 0 Å². The summed E-state index contributed by atoms with van der Waals surface area (Å²) in [6.45, 7) is 4.54. The topological polar surface area (TPSA) is 68.0 Å². The zero-order valence-corrected chi connectivity index (χ0v) is 15.3. The standard InChI is InChI=1S/C19H28N6O/c26-19(6-5-16-14-18-15-20-9-13-25(18)22-16)24-11-2-1-4-17(24)7-12-23-10-3-8-21-23/h3,8,10,14,17,20H,1-2,4-7,9,11-13,15H2/t17-/m0/s1. The van der Waals surface area contributed by atoms with Crippen molar-refractivity contribution in [2.45, 2.75) is 64.2 Å². The van der Waals surface area contributed by atoms with E-state index in [0.717, 1.165) is 64.1 Å². The van der Waals surface area contributed by atoms with Gasteiger partial charge in [-0.2, -0.15) is 10.2 Å². The van der Waals surface area contributed by atoms with Crippen molar-refractivity contribution < 1.29 is 4.79 Å². The Morgan fingerprint density at radius 2 is 2.27 bits per heavy atom. The van der Waals surface area contributed by atoms with Crippen LogP contribution in [-0.2, 0) is 30.8 Å².